The van der Waals surface area contributed by atoms with E-state index in [4.69, 9.17) is 5.73 Å². The minimum Gasteiger partial charge on any atom is -0.328 e. The van der Waals surface area contributed by atoms with Crippen molar-refractivity contribution in [1.29, 1.82) is 0 Å². The summed E-state index contributed by atoms with van der Waals surface area (Å²) in [4.78, 5) is 3.97. The number of aromatic nitrogens is 1. The van der Waals surface area contributed by atoms with Crippen molar-refractivity contribution >= 4 is 9.84 Å². The van der Waals surface area contributed by atoms with Gasteiger partial charge in [0.25, 0.3) is 0 Å². The Balaban J connectivity index is 2.66. The molecule has 4 nitrogen and oxygen atoms in total. The largest absolute Gasteiger partial charge is 0.328 e. The number of sulfone groups is 1. The van der Waals surface area contributed by atoms with Crippen molar-refractivity contribution in [2.75, 3.05) is 5.75 Å². The molecular formula is C11H18N2O2S. The average molecular weight is 242 g/mol. The Morgan fingerprint density at radius 1 is 1.44 bits per heavy atom. The molecule has 5 heteroatoms. The van der Waals surface area contributed by atoms with E-state index in [0.717, 1.165) is 11.1 Å². The second-order valence-corrected chi connectivity index (χ2v) is 6.41. The first-order valence-corrected chi connectivity index (χ1v) is 7.08. The molecule has 0 saturated heterocycles. The van der Waals surface area contributed by atoms with Gasteiger partial charge in [0, 0.05) is 18.4 Å². The normalized spacial score (nSPS) is 13.7. The third-order valence-corrected chi connectivity index (χ3v) is 3.83. The molecule has 0 fully saturated rings. The molecule has 2 N–H and O–H groups in total. The van der Waals surface area contributed by atoms with Gasteiger partial charge in [-0.3, -0.25) is 4.98 Å². The monoisotopic (exact) mass is 242 g/mol. The maximum absolute atomic E-state index is 11.7. The van der Waals surface area contributed by atoms with E-state index >= 15 is 0 Å². The number of nitrogens with two attached hydrogens (primary N) is 1. The fourth-order valence-corrected chi connectivity index (χ4v) is 2.93. The molecule has 1 heterocycles. The molecule has 0 aliphatic carbocycles. The van der Waals surface area contributed by atoms with E-state index in [-0.39, 0.29) is 17.5 Å². The summed E-state index contributed by atoms with van der Waals surface area (Å²) in [6.07, 6.45) is 3.80. The van der Waals surface area contributed by atoms with Crippen molar-refractivity contribution in [3.05, 3.63) is 29.6 Å². The van der Waals surface area contributed by atoms with Crippen molar-refractivity contribution in [2.24, 2.45) is 5.73 Å². The Bertz CT molecular complexity index is 441. The highest BCUT2D eigenvalue weighted by atomic mass is 32.2. The molecule has 16 heavy (non-hydrogen) atoms. The van der Waals surface area contributed by atoms with E-state index in [1.54, 1.807) is 12.4 Å². The molecule has 0 saturated carbocycles. The molecule has 0 aliphatic heterocycles. The van der Waals surface area contributed by atoms with Crippen LogP contribution < -0.4 is 5.73 Å². The molecule has 0 spiro atoms. The highest BCUT2D eigenvalue weighted by Gasteiger charge is 2.13. The number of nitrogens with zero attached hydrogens (tertiary/aromatic N) is 1. The fourth-order valence-electron chi connectivity index (χ4n) is 1.39. The molecule has 0 aromatic carbocycles. The van der Waals surface area contributed by atoms with Crippen LogP contribution in [0.5, 0.6) is 0 Å². The van der Waals surface area contributed by atoms with Gasteiger partial charge in [-0.15, -0.1) is 0 Å². The van der Waals surface area contributed by atoms with Gasteiger partial charge in [0.05, 0.1) is 11.5 Å². The smallest absolute Gasteiger partial charge is 0.154 e. The molecule has 0 radical (unpaired) electrons. The highest BCUT2D eigenvalue weighted by molar-refractivity contribution is 7.90. The zero-order chi connectivity index (χ0) is 12.2. The van der Waals surface area contributed by atoms with E-state index in [1.165, 1.54) is 0 Å². The van der Waals surface area contributed by atoms with Crippen LogP contribution in [0.25, 0.3) is 0 Å². The van der Waals surface area contributed by atoms with Gasteiger partial charge in [-0.05, 0) is 31.4 Å². The number of pyridine rings is 1. The molecule has 0 bridgehead atoms. The predicted molar refractivity (Wildman–Crippen MR) is 64.7 cm³/mol. The highest BCUT2D eigenvalue weighted by Crippen LogP contribution is 2.08. The minimum absolute atomic E-state index is 0.0500. The second-order valence-electron chi connectivity index (χ2n) is 4.23. The number of hydrogen-bond donors (Lipinski definition) is 1. The molecule has 0 aliphatic rings. The van der Waals surface area contributed by atoms with E-state index in [2.05, 4.69) is 4.98 Å². The molecule has 1 unspecified atom stereocenters. The van der Waals surface area contributed by atoms with Crippen molar-refractivity contribution in [2.45, 2.75) is 32.1 Å². The molecule has 1 aromatic heterocycles. The van der Waals surface area contributed by atoms with Crippen LogP contribution in [-0.4, -0.2) is 25.2 Å². The summed E-state index contributed by atoms with van der Waals surface area (Å²) in [5, 5.41) is 0. The SMILES string of the molecule is Cc1cncc(CS(=O)(=O)CCC(C)N)c1. The van der Waals surface area contributed by atoms with Gasteiger partial charge in [0.2, 0.25) is 0 Å². The summed E-state index contributed by atoms with van der Waals surface area (Å²) in [5.41, 5.74) is 7.25. The number of aryl methyl sites for hydroxylation is 1. The van der Waals surface area contributed by atoms with E-state index in [1.807, 2.05) is 19.9 Å². The lowest BCUT2D eigenvalue weighted by atomic mass is 10.2. The van der Waals surface area contributed by atoms with Gasteiger partial charge in [-0.25, -0.2) is 8.42 Å². The lowest BCUT2D eigenvalue weighted by Gasteiger charge is -2.06. The summed E-state index contributed by atoms with van der Waals surface area (Å²) in [6.45, 7) is 3.70. The van der Waals surface area contributed by atoms with Crippen molar-refractivity contribution in [3.8, 4) is 0 Å². The van der Waals surface area contributed by atoms with Crippen molar-refractivity contribution in [3.63, 3.8) is 0 Å². The van der Waals surface area contributed by atoms with E-state index in [9.17, 15) is 8.42 Å². The van der Waals surface area contributed by atoms with Gasteiger partial charge in [-0.2, -0.15) is 0 Å². The van der Waals surface area contributed by atoms with Gasteiger partial charge in [0.15, 0.2) is 9.84 Å². The minimum atomic E-state index is -3.07. The Hall–Kier alpha value is -0.940. The van der Waals surface area contributed by atoms with Crippen LogP contribution in [0.4, 0.5) is 0 Å². The van der Waals surface area contributed by atoms with Gasteiger partial charge < -0.3 is 5.73 Å². The second kappa shape index (κ2) is 5.41. The van der Waals surface area contributed by atoms with Crippen LogP contribution in [0.1, 0.15) is 24.5 Å². The molecular weight excluding hydrogens is 224 g/mol. The first kappa shape index (κ1) is 13.1. The first-order valence-electron chi connectivity index (χ1n) is 5.25. The maximum Gasteiger partial charge on any atom is 0.154 e. The number of hydrogen-bond acceptors (Lipinski definition) is 4. The van der Waals surface area contributed by atoms with Gasteiger partial charge >= 0.3 is 0 Å². The van der Waals surface area contributed by atoms with Gasteiger partial charge in [-0.1, -0.05) is 6.07 Å². The van der Waals surface area contributed by atoms with Crippen molar-refractivity contribution < 1.29 is 8.42 Å². The van der Waals surface area contributed by atoms with E-state index < -0.39 is 9.84 Å². The maximum atomic E-state index is 11.7. The summed E-state index contributed by atoms with van der Waals surface area (Å²) >= 11 is 0. The Labute approximate surface area is 96.8 Å². The zero-order valence-electron chi connectivity index (χ0n) is 9.68. The first-order chi connectivity index (χ1) is 7.39. The summed E-state index contributed by atoms with van der Waals surface area (Å²) in [5.74, 6) is 0.188. The molecule has 1 aromatic rings. The number of rotatable bonds is 5. The Kier molecular flexibility index (Phi) is 4.44. The molecule has 0 amide bonds. The lowest BCUT2D eigenvalue weighted by Crippen LogP contribution is -2.20. The van der Waals surface area contributed by atoms with Crippen LogP contribution in [0.3, 0.4) is 0 Å². The predicted octanol–water partition coefficient (Wildman–Crippen LogP) is 1.04. The summed E-state index contributed by atoms with van der Waals surface area (Å²) in [7, 11) is -3.07. The standard InChI is InChI=1S/C11H18N2O2S/c1-9-5-11(7-13-6-9)8-16(14,15)4-3-10(2)12/h5-7,10H,3-4,8,12H2,1-2H3. The topological polar surface area (TPSA) is 73.0 Å². The van der Waals surface area contributed by atoms with Crippen molar-refractivity contribution in [1.82, 2.24) is 4.98 Å². The van der Waals surface area contributed by atoms with E-state index in [0.29, 0.717) is 6.42 Å². The molecule has 1 rings (SSSR count). The Morgan fingerprint density at radius 2 is 2.12 bits per heavy atom. The average Bonchev–Trinajstić information content (AvgIpc) is 2.14. The molecule has 1 atom stereocenters. The summed E-state index contributed by atoms with van der Waals surface area (Å²) < 4.78 is 23.5. The van der Waals surface area contributed by atoms with Crippen LogP contribution in [0, 0.1) is 6.92 Å². The van der Waals surface area contributed by atoms with Crippen LogP contribution in [-0.2, 0) is 15.6 Å². The van der Waals surface area contributed by atoms with Crippen LogP contribution in [0.2, 0.25) is 0 Å². The third kappa shape index (κ3) is 4.72. The van der Waals surface area contributed by atoms with Crippen LogP contribution >= 0.6 is 0 Å². The quantitative estimate of drug-likeness (QED) is 0.837. The fraction of sp³-hybridized carbons (Fsp3) is 0.545. The van der Waals surface area contributed by atoms with Gasteiger partial charge in [0.1, 0.15) is 0 Å². The Morgan fingerprint density at radius 3 is 2.69 bits per heavy atom. The zero-order valence-corrected chi connectivity index (χ0v) is 10.5. The third-order valence-electron chi connectivity index (χ3n) is 2.20. The summed E-state index contributed by atoms with van der Waals surface area (Å²) in [6, 6.07) is 1.77. The lowest BCUT2D eigenvalue weighted by molar-refractivity contribution is 0.586. The molecule has 90 valence electrons. The van der Waals surface area contributed by atoms with Crippen LogP contribution in [0.15, 0.2) is 18.5 Å².